The maximum atomic E-state index is 5.87. The third-order valence-electron chi connectivity index (χ3n) is 2.99. The van der Waals surface area contributed by atoms with Gasteiger partial charge in [0.15, 0.2) is 0 Å². The number of halogens is 1. The van der Waals surface area contributed by atoms with Crippen LogP contribution in [0.2, 0.25) is 0 Å². The van der Waals surface area contributed by atoms with E-state index in [0.717, 1.165) is 23.7 Å². The Bertz CT molecular complexity index is 414. The van der Waals surface area contributed by atoms with E-state index < -0.39 is 0 Å². The van der Waals surface area contributed by atoms with Crippen LogP contribution in [-0.4, -0.2) is 17.3 Å². The predicted octanol–water partition coefficient (Wildman–Crippen LogP) is 3.99. The molecule has 2 nitrogen and oxygen atoms in total. The molecule has 0 aromatic heterocycles. The molecule has 0 radical (unpaired) electrons. The molecule has 1 saturated carbocycles. The molecule has 1 fully saturated rings. The Morgan fingerprint density at radius 2 is 2.12 bits per heavy atom. The molecule has 1 aromatic rings. The lowest BCUT2D eigenvalue weighted by Crippen LogP contribution is -2.09. The monoisotopic (exact) mass is 311 g/mol. The zero-order valence-corrected chi connectivity index (χ0v) is 11.8. The first kappa shape index (κ1) is 12.9. The highest BCUT2D eigenvalue weighted by atomic mass is 79.9. The van der Waals surface area contributed by atoms with Crippen molar-refractivity contribution in [2.24, 2.45) is 4.99 Å². The van der Waals surface area contributed by atoms with E-state index in [9.17, 15) is 0 Å². The van der Waals surface area contributed by atoms with Gasteiger partial charge in [-0.1, -0.05) is 28.1 Å². The summed E-state index contributed by atoms with van der Waals surface area (Å²) in [5.41, 5.74) is 1.20. The van der Waals surface area contributed by atoms with Gasteiger partial charge in [0.2, 0.25) is 0 Å². The Hall–Kier alpha value is -0.540. The van der Waals surface area contributed by atoms with Crippen molar-refractivity contribution >= 4 is 33.3 Å². The second-order valence-electron chi connectivity index (χ2n) is 4.25. The number of benzene rings is 1. The molecule has 1 aliphatic rings. The number of ether oxygens (including phenoxy) is 1. The van der Waals surface area contributed by atoms with Crippen molar-refractivity contribution in [2.75, 3.05) is 0 Å². The molecule has 2 unspecified atom stereocenters. The van der Waals surface area contributed by atoms with Crippen molar-refractivity contribution < 1.29 is 4.74 Å². The molecule has 1 aromatic carbocycles. The first-order chi connectivity index (χ1) is 8.28. The number of hydrogen-bond acceptors (Lipinski definition) is 3. The molecular formula is C13H14BrNOS. The van der Waals surface area contributed by atoms with E-state index in [0.29, 0.717) is 18.8 Å². The summed E-state index contributed by atoms with van der Waals surface area (Å²) < 4.78 is 6.96. The van der Waals surface area contributed by atoms with Crippen molar-refractivity contribution in [2.45, 2.75) is 38.0 Å². The fraction of sp³-hybridized carbons (Fsp3) is 0.462. The summed E-state index contributed by atoms with van der Waals surface area (Å²) in [5.74, 6) is 0. The fourth-order valence-electron chi connectivity index (χ4n) is 2.06. The molecule has 0 aliphatic heterocycles. The lowest BCUT2D eigenvalue weighted by Gasteiger charge is -2.11. The quantitative estimate of drug-likeness (QED) is 0.619. The Balaban J connectivity index is 1.79. The summed E-state index contributed by atoms with van der Waals surface area (Å²) in [4.78, 5) is 4.12. The average Bonchev–Trinajstić information content (AvgIpc) is 2.77. The molecular weight excluding hydrogens is 298 g/mol. The standard InChI is InChI=1S/C13H14BrNOS/c14-11-3-1-10(2-4-11)8-16-13-6-5-12(7-13)15-9-17/h1-4,12-13H,5-8H2. The van der Waals surface area contributed by atoms with Crippen LogP contribution in [0.15, 0.2) is 33.7 Å². The van der Waals surface area contributed by atoms with E-state index in [1.165, 1.54) is 5.56 Å². The van der Waals surface area contributed by atoms with Gasteiger partial charge in [-0.3, -0.25) is 0 Å². The minimum absolute atomic E-state index is 0.316. The normalized spacial score (nSPS) is 23.4. The van der Waals surface area contributed by atoms with E-state index in [2.05, 4.69) is 50.4 Å². The fourth-order valence-corrected chi connectivity index (χ4v) is 2.47. The molecule has 0 saturated heterocycles. The largest absolute Gasteiger partial charge is 0.373 e. The van der Waals surface area contributed by atoms with Crippen LogP contribution in [0.4, 0.5) is 0 Å². The maximum Gasteiger partial charge on any atom is 0.0720 e. The number of thiocarbonyl (C=S) groups is 1. The van der Waals surface area contributed by atoms with E-state index in [4.69, 9.17) is 4.74 Å². The Morgan fingerprint density at radius 3 is 2.82 bits per heavy atom. The van der Waals surface area contributed by atoms with Crippen molar-refractivity contribution in [3.05, 3.63) is 34.3 Å². The van der Waals surface area contributed by atoms with Crippen molar-refractivity contribution in [1.82, 2.24) is 0 Å². The number of aliphatic imine (C=N–C) groups is 1. The minimum Gasteiger partial charge on any atom is -0.373 e. The van der Waals surface area contributed by atoms with E-state index in [-0.39, 0.29) is 0 Å². The second-order valence-corrected chi connectivity index (χ2v) is 5.34. The van der Waals surface area contributed by atoms with Crippen LogP contribution in [0, 0.1) is 0 Å². The van der Waals surface area contributed by atoms with Crippen LogP contribution in [0.5, 0.6) is 0 Å². The highest BCUT2D eigenvalue weighted by Crippen LogP contribution is 2.25. The SMILES string of the molecule is S=C=NC1CCC(OCc2ccc(Br)cc2)C1. The molecule has 4 heteroatoms. The summed E-state index contributed by atoms with van der Waals surface area (Å²) in [6.45, 7) is 0.673. The van der Waals surface area contributed by atoms with Gasteiger partial charge in [-0.25, -0.2) is 4.99 Å². The van der Waals surface area contributed by atoms with Gasteiger partial charge in [0.1, 0.15) is 0 Å². The summed E-state index contributed by atoms with van der Waals surface area (Å²) in [7, 11) is 0. The highest BCUT2D eigenvalue weighted by Gasteiger charge is 2.24. The van der Waals surface area contributed by atoms with Gasteiger partial charge in [-0.05, 0) is 49.2 Å². The van der Waals surface area contributed by atoms with Gasteiger partial charge in [-0.2, -0.15) is 0 Å². The minimum atomic E-state index is 0.316. The first-order valence-corrected chi connectivity index (χ1v) is 6.91. The molecule has 0 bridgehead atoms. The third-order valence-corrected chi connectivity index (χ3v) is 3.63. The lowest BCUT2D eigenvalue weighted by molar-refractivity contribution is 0.0449. The topological polar surface area (TPSA) is 21.6 Å². The molecule has 17 heavy (non-hydrogen) atoms. The van der Waals surface area contributed by atoms with Crippen LogP contribution >= 0.6 is 28.1 Å². The summed E-state index contributed by atoms with van der Waals surface area (Å²) >= 11 is 8.04. The van der Waals surface area contributed by atoms with Crippen LogP contribution in [0.3, 0.4) is 0 Å². The molecule has 2 atom stereocenters. The molecule has 0 N–H and O–H groups in total. The Labute approximate surface area is 115 Å². The van der Waals surface area contributed by atoms with Crippen molar-refractivity contribution in [3.63, 3.8) is 0 Å². The number of rotatable bonds is 4. The van der Waals surface area contributed by atoms with Crippen LogP contribution in [0.25, 0.3) is 0 Å². The number of hydrogen-bond donors (Lipinski definition) is 0. The zero-order valence-electron chi connectivity index (χ0n) is 9.43. The van der Waals surface area contributed by atoms with Crippen LogP contribution in [-0.2, 0) is 11.3 Å². The molecule has 0 amide bonds. The summed E-state index contributed by atoms with van der Waals surface area (Å²) in [6.07, 6.45) is 3.42. The molecule has 90 valence electrons. The molecule has 1 aliphatic carbocycles. The third kappa shape index (κ3) is 4.00. The molecule has 0 heterocycles. The zero-order chi connectivity index (χ0) is 12.1. The van der Waals surface area contributed by atoms with Crippen LogP contribution < -0.4 is 0 Å². The van der Waals surface area contributed by atoms with E-state index in [1.807, 2.05) is 12.1 Å². The van der Waals surface area contributed by atoms with Crippen molar-refractivity contribution in [1.29, 1.82) is 0 Å². The van der Waals surface area contributed by atoms with E-state index in [1.54, 1.807) is 0 Å². The Morgan fingerprint density at radius 1 is 1.35 bits per heavy atom. The first-order valence-electron chi connectivity index (χ1n) is 5.71. The van der Waals surface area contributed by atoms with Crippen LogP contribution in [0.1, 0.15) is 24.8 Å². The van der Waals surface area contributed by atoms with Gasteiger partial charge < -0.3 is 4.74 Å². The highest BCUT2D eigenvalue weighted by molar-refractivity contribution is 9.10. The smallest absolute Gasteiger partial charge is 0.0720 e. The number of nitrogens with zero attached hydrogens (tertiary/aromatic N) is 1. The summed E-state index contributed by atoms with van der Waals surface area (Å²) in [5, 5.41) is 2.46. The van der Waals surface area contributed by atoms with E-state index >= 15 is 0 Å². The van der Waals surface area contributed by atoms with Gasteiger partial charge >= 0.3 is 0 Å². The van der Waals surface area contributed by atoms with Gasteiger partial charge in [0.05, 0.1) is 23.9 Å². The van der Waals surface area contributed by atoms with Crippen molar-refractivity contribution in [3.8, 4) is 0 Å². The predicted molar refractivity (Wildman–Crippen MR) is 75.4 cm³/mol. The molecule has 0 spiro atoms. The second kappa shape index (κ2) is 6.41. The lowest BCUT2D eigenvalue weighted by atomic mass is 10.2. The number of isothiocyanates is 1. The molecule has 2 rings (SSSR count). The maximum absolute atomic E-state index is 5.87. The average molecular weight is 312 g/mol. The van der Waals surface area contributed by atoms with Gasteiger partial charge in [-0.15, -0.1) is 0 Å². The van der Waals surface area contributed by atoms with Gasteiger partial charge in [0, 0.05) is 4.47 Å². The summed E-state index contributed by atoms with van der Waals surface area (Å²) in [6, 6.07) is 8.54. The Kier molecular flexibility index (Phi) is 4.86. The van der Waals surface area contributed by atoms with Gasteiger partial charge in [0.25, 0.3) is 0 Å².